The van der Waals surface area contributed by atoms with E-state index in [0.29, 0.717) is 12.2 Å². The predicted octanol–water partition coefficient (Wildman–Crippen LogP) is 3.35. The first-order valence-corrected chi connectivity index (χ1v) is 10.3. The standard InChI is InChI=1S/C21H23N3O2S/c1-3-24(19-12-8-5-9-13-19)27(25,26)20-14-15-21(22-16-20)23(2)17-18-10-6-4-7-11-18/h4-16H,3,17H2,1-2H3/p+1. The maximum absolute atomic E-state index is 13.0. The first-order chi connectivity index (χ1) is 13.0. The maximum atomic E-state index is 13.0. The number of pyridine rings is 1. The van der Waals surface area contributed by atoms with Gasteiger partial charge in [-0.3, -0.25) is 9.21 Å². The molecule has 0 saturated heterocycles. The topological polar surface area (TPSA) is 54.8 Å². The van der Waals surface area contributed by atoms with Crippen molar-refractivity contribution in [3.05, 3.63) is 84.6 Å². The lowest BCUT2D eigenvalue weighted by Crippen LogP contribution is -2.32. The number of hydrogen-bond acceptors (Lipinski definition) is 3. The third kappa shape index (κ3) is 4.28. The van der Waals surface area contributed by atoms with E-state index in [1.807, 2.05) is 55.3 Å². The molecule has 5 nitrogen and oxygen atoms in total. The smallest absolute Gasteiger partial charge is 0.267 e. The van der Waals surface area contributed by atoms with Gasteiger partial charge in [0.2, 0.25) is 0 Å². The molecule has 0 atom stereocenters. The summed E-state index contributed by atoms with van der Waals surface area (Å²) in [5, 5.41) is 0. The summed E-state index contributed by atoms with van der Waals surface area (Å²) in [6.07, 6.45) is 1.55. The van der Waals surface area contributed by atoms with E-state index in [-0.39, 0.29) is 4.90 Å². The van der Waals surface area contributed by atoms with Crippen molar-refractivity contribution in [3.63, 3.8) is 0 Å². The number of nitrogens with one attached hydrogen (secondary N) is 1. The maximum Gasteiger partial charge on any atom is 0.274 e. The van der Waals surface area contributed by atoms with Crippen molar-refractivity contribution in [3.8, 4) is 0 Å². The Morgan fingerprint density at radius 1 is 0.889 bits per heavy atom. The van der Waals surface area contributed by atoms with E-state index in [1.165, 1.54) is 9.87 Å². The molecule has 1 N–H and O–H groups in total. The molecule has 140 valence electrons. The number of aromatic amines is 1. The van der Waals surface area contributed by atoms with E-state index in [0.717, 1.165) is 12.4 Å². The van der Waals surface area contributed by atoms with Gasteiger partial charge in [-0.05, 0) is 30.7 Å². The molecule has 0 aliphatic rings. The zero-order valence-corrected chi connectivity index (χ0v) is 16.4. The second-order valence-electron chi connectivity index (χ2n) is 6.26. The van der Waals surface area contributed by atoms with Crippen molar-refractivity contribution in [1.82, 2.24) is 0 Å². The van der Waals surface area contributed by atoms with Crippen LogP contribution in [0.5, 0.6) is 0 Å². The van der Waals surface area contributed by atoms with Gasteiger partial charge in [0.1, 0.15) is 17.6 Å². The van der Waals surface area contributed by atoms with E-state index < -0.39 is 10.0 Å². The SMILES string of the molecule is CCN(c1ccccc1)S(=O)(=O)c1ccc(N(C)Cc2ccccc2)[nH+]c1. The van der Waals surface area contributed by atoms with Crippen LogP contribution >= 0.6 is 0 Å². The molecule has 6 heteroatoms. The molecular formula is C21H24N3O2S+. The van der Waals surface area contributed by atoms with Gasteiger partial charge in [0.15, 0.2) is 0 Å². The number of hydrogen-bond donors (Lipinski definition) is 0. The highest BCUT2D eigenvalue weighted by Crippen LogP contribution is 2.23. The molecule has 0 radical (unpaired) electrons. The summed E-state index contributed by atoms with van der Waals surface area (Å²) in [6.45, 7) is 2.92. The second kappa shape index (κ2) is 8.22. The second-order valence-corrected chi connectivity index (χ2v) is 8.12. The highest BCUT2D eigenvalue weighted by atomic mass is 32.2. The van der Waals surface area contributed by atoms with Crippen LogP contribution in [0.2, 0.25) is 0 Å². The molecule has 0 aliphatic carbocycles. The Morgan fingerprint density at radius 2 is 1.52 bits per heavy atom. The molecule has 0 amide bonds. The summed E-state index contributed by atoms with van der Waals surface area (Å²) in [5.74, 6) is 0.848. The molecule has 0 unspecified atom stereocenters. The van der Waals surface area contributed by atoms with Crippen LogP contribution in [0.25, 0.3) is 0 Å². The summed E-state index contributed by atoms with van der Waals surface area (Å²) in [6, 6.07) is 22.7. The number of benzene rings is 2. The molecule has 27 heavy (non-hydrogen) atoms. The van der Waals surface area contributed by atoms with Gasteiger partial charge in [0, 0.05) is 12.6 Å². The van der Waals surface area contributed by atoms with Crippen molar-refractivity contribution in [1.29, 1.82) is 0 Å². The Bertz CT molecular complexity index is 959. The number of rotatable bonds is 7. The van der Waals surface area contributed by atoms with Crippen LogP contribution in [0.15, 0.2) is 83.9 Å². The molecule has 0 fully saturated rings. The van der Waals surface area contributed by atoms with Gasteiger partial charge in [-0.2, -0.15) is 0 Å². The molecule has 1 heterocycles. The average Bonchev–Trinajstić information content (AvgIpc) is 2.70. The fourth-order valence-electron chi connectivity index (χ4n) is 2.96. The van der Waals surface area contributed by atoms with Crippen LogP contribution in [-0.4, -0.2) is 22.0 Å². The minimum atomic E-state index is -3.62. The molecule has 0 bridgehead atoms. The van der Waals surface area contributed by atoms with Crippen LogP contribution in [0.1, 0.15) is 12.5 Å². The number of para-hydroxylation sites is 1. The first kappa shape index (κ1) is 18.9. The van der Waals surface area contributed by atoms with Gasteiger partial charge in [-0.25, -0.2) is 13.4 Å². The monoisotopic (exact) mass is 382 g/mol. The summed E-state index contributed by atoms with van der Waals surface area (Å²) < 4.78 is 27.5. The highest BCUT2D eigenvalue weighted by Gasteiger charge is 2.25. The Hall–Kier alpha value is -2.86. The van der Waals surface area contributed by atoms with E-state index in [9.17, 15) is 8.42 Å². The van der Waals surface area contributed by atoms with E-state index in [2.05, 4.69) is 17.1 Å². The highest BCUT2D eigenvalue weighted by molar-refractivity contribution is 7.92. The number of aromatic nitrogens is 1. The van der Waals surface area contributed by atoms with Crippen LogP contribution in [0.4, 0.5) is 11.5 Å². The van der Waals surface area contributed by atoms with Crippen molar-refractivity contribution in [2.24, 2.45) is 0 Å². The number of nitrogens with zero attached hydrogens (tertiary/aromatic N) is 2. The largest absolute Gasteiger partial charge is 0.274 e. The van der Waals surface area contributed by atoms with Gasteiger partial charge in [-0.15, -0.1) is 0 Å². The minimum absolute atomic E-state index is 0.241. The summed E-state index contributed by atoms with van der Waals surface area (Å²) >= 11 is 0. The van der Waals surface area contributed by atoms with E-state index in [1.54, 1.807) is 30.5 Å². The molecular weight excluding hydrogens is 358 g/mol. The van der Waals surface area contributed by atoms with Crippen LogP contribution < -0.4 is 14.2 Å². The van der Waals surface area contributed by atoms with Crippen LogP contribution in [0.3, 0.4) is 0 Å². The molecule has 0 saturated carbocycles. The van der Waals surface area contributed by atoms with Crippen molar-refractivity contribution < 1.29 is 13.4 Å². The molecule has 3 rings (SSSR count). The quantitative estimate of drug-likeness (QED) is 0.630. The Balaban J connectivity index is 1.81. The predicted molar refractivity (Wildman–Crippen MR) is 108 cm³/mol. The number of anilines is 2. The average molecular weight is 383 g/mol. The molecule has 0 aliphatic heterocycles. The van der Waals surface area contributed by atoms with Crippen molar-refractivity contribution >= 4 is 21.5 Å². The van der Waals surface area contributed by atoms with Gasteiger partial charge in [0.05, 0.1) is 12.7 Å². The first-order valence-electron chi connectivity index (χ1n) is 8.87. The number of H-pyrrole nitrogens is 1. The lowest BCUT2D eigenvalue weighted by Gasteiger charge is -2.22. The van der Waals surface area contributed by atoms with Gasteiger partial charge in [0.25, 0.3) is 15.8 Å². The summed E-state index contributed by atoms with van der Waals surface area (Å²) in [4.78, 5) is 5.40. The van der Waals surface area contributed by atoms with Gasteiger partial charge >= 0.3 is 0 Å². The zero-order valence-electron chi connectivity index (χ0n) is 15.5. The van der Waals surface area contributed by atoms with Gasteiger partial charge < -0.3 is 0 Å². The third-order valence-electron chi connectivity index (χ3n) is 4.36. The Labute approximate surface area is 161 Å². The molecule has 1 aromatic heterocycles. The summed E-state index contributed by atoms with van der Waals surface area (Å²) in [5.41, 5.74) is 1.84. The normalized spacial score (nSPS) is 11.2. The fourth-order valence-corrected chi connectivity index (χ4v) is 4.40. The zero-order chi connectivity index (χ0) is 19.3. The van der Waals surface area contributed by atoms with E-state index in [4.69, 9.17) is 0 Å². The van der Waals surface area contributed by atoms with E-state index >= 15 is 0 Å². The van der Waals surface area contributed by atoms with Gasteiger partial charge in [-0.1, -0.05) is 48.5 Å². The lowest BCUT2D eigenvalue weighted by molar-refractivity contribution is -0.367. The third-order valence-corrected chi connectivity index (χ3v) is 6.26. The molecule has 2 aromatic carbocycles. The lowest BCUT2D eigenvalue weighted by atomic mass is 10.2. The van der Waals surface area contributed by atoms with Crippen molar-refractivity contribution in [2.45, 2.75) is 18.4 Å². The Kier molecular flexibility index (Phi) is 5.76. The fraction of sp³-hybridized carbons (Fsp3) is 0.190. The van der Waals surface area contributed by atoms with Crippen LogP contribution in [0, 0.1) is 0 Å². The van der Waals surface area contributed by atoms with Crippen molar-refractivity contribution in [2.75, 3.05) is 22.8 Å². The molecule has 0 spiro atoms. The summed E-state index contributed by atoms with van der Waals surface area (Å²) in [7, 11) is -1.65. The number of sulfonamides is 1. The Morgan fingerprint density at radius 3 is 2.07 bits per heavy atom. The van der Waals surface area contributed by atoms with Crippen LogP contribution in [-0.2, 0) is 16.6 Å². The minimum Gasteiger partial charge on any atom is -0.267 e. The molecule has 3 aromatic rings.